The summed E-state index contributed by atoms with van der Waals surface area (Å²) in [5.74, 6) is 0. The van der Waals surface area contributed by atoms with E-state index in [-0.39, 0.29) is 0 Å². The fourth-order valence-electron chi connectivity index (χ4n) is 9.70. The van der Waals surface area contributed by atoms with E-state index in [2.05, 4.69) is 218 Å². The van der Waals surface area contributed by atoms with E-state index in [1.165, 1.54) is 32.7 Å². The van der Waals surface area contributed by atoms with Crippen molar-refractivity contribution in [2.75, 3.05) is 0 Å². The molecule has 5 nitrogen and oxygen atoms in total. The van der Waals surface area contributed by atoms with Gasteiger partial charge in [-0.25, -0.2) is 9.97 Å². The maximum absolute atomic E-state index is 5.53. The molecular weight excluding hydrogens is 767 g/mol. The van der Waals surface area contributed by atoms with Gasteiger partial charge in [-0.3, -0.25) is 9.39 Å². The Balaban J connectivity index is 1.07. The van der Waals surface area contributed by atoms with Crippen LogP contribution < -0.4 is 0 Å². The Morgan fingerprint density at radius 2 is 1.03 bits per heavy atom. The fraction of sp³-hybridized carbons (Fsp3) is 0.0517. The summed E-state index contributed by atoms with van der Waals surface area (Å²) in [4.78, 5) is 15.8. The van der Waals surface area contributed by atoms with E-state index < -0.39 is 0 Å². The van der Waals surface area contributed by atoms with Gasteiger partial charge in [0.05, 0.1) is 50.3 Å². The molecule has 0 amide bonds. The minimum atomic E-state index is 0.895. The topological polar surface area (TPSA) is 47.5 Å². The molecule has 0 bridgehead atoms. The molecule has 0 spiro atoms. The summed E-state index contributed by atoms with van der Waals surface area (Å²) in [5, 5.41) is 5.94. The Hall–Kier alpha value is -8.15. The first-order valence-corrected chi connectivity index (χ1v) is 21.5. The number of hydrogen-bond donors (Lipinski definition) is 0. The molecule has 12 aromatic rings. The van der Waals surface area contributed by atoms with Crippen LogP contribution in [0.3, 0.4) is 0 Å². The summed E-state index contributed by atoms with van der Waals surface area (Å²) in [6, 6.07) is 69.4. The van der Waals surface area contributed by atoms with Gasteiger partial charge >= 0.3 is 0 Å². The molecule has 298 valence electrons. The number of hydrogen-bond acceptors (Lipinski definition) is 3. The molecule has 0 aliphatic carbocycles. The zero-order valence-corrected chi connectivity index (χ0v) is 35.2. The lowest BCUT2D eigenvalue weighted by Gasteiger charge is -2.16. The third-order valence-electron chi connectivity index (χ3n) is 12.7. The van der Waals surface area contributed by atoms with Gasteiger partial charge in [-0.05, 0) is 103 Å². The third kappa shape index (κ3) is 5.96. The van der Waals surface area contributed by atoms with Crippen molar-refractivity contribution in [2.24, 2.45) is 4.99 Å². The van der Waals surface area contributed by atoms with E-state index in [4.69, 9.17) is 15.0 Å². The van der Waals surface area contributed by atoms with Crippen molar-refractivity contribution in [3.05, 3.63) is 211 Å². The maximum Gasteiger partial charge on any atom is 0.146 e. The smallest absolute Gasteiger partial charge is 0.146 e. The molecule has 0 fully saturated rings. The molecule has 12 rings (SSSR count). The number of pyridine rings is 2. The molecule has 0 atom stereocenters. The lowest BCUT2D eigenvalue weighted by molar-refractivity contribution is 1.16. The summed E-state index contributed by atoms with van der Waals surface area (Å²) in [5.41, 5.74) is 19.1. The number of benzene rings is 8. The molecule has 0 unspecified atom stereocenters. The molecular formula is C58H41N5. The van der Waals surface area contributed by atoms with Gasteiger partial charge in [-0.1, -0.05) is 140 Å². The van der Waals surface area contributed by atoms with Crippen molar-refractivity contribution >= 4 is 71.6 Å². The van der Waals surface area contributed by atoms with E-state index in [0.717, 1.165) is 94.9 Å². The van der Waals surface area contributed by atoms with Gasteiger partial charge in [-0.2, -0.15) is 0 Å². The van der Waals surface area contributed by atoms with Crippen LogP contribution in [0.25, 0.3) is 99.5 Å². The zero-order valence-electron chi connectivity index (χ0n) is 35.2. The number of para-hydroxylation sites is 5. The second kappa shape index (κ2) is 14.5. The second-order valence-electron chi connectivity index (χ2n) is 16.6. The number of rotatable bonds is 6. The van der Waals surface area contributed by atoms with Crippen LogP contribution in [-0.2, 0) is 0 Å². The first-order valence-electron chi connectivity index (χ1n) is 21.5. The van der Waals surface area contributed by atoms with Crippen molar-refractivity contribution in [3.63, 3.8) is 0 Å². The van der Waals surface area contributed by atoms with Crippen LogP contribution in [0, 0.1) is 13.8 Å². The SMILES string of the molecule is C/C(=N\c1ccccc1C)c1ccccc1-c1ccc(-c2cc(-n3c4ccccc4c4ccccc43)cc(-c3ccc4c5ccccc5c5nc6ccccc6n5c4c3)n2)cc1C. The summed E-state index contributed by atoms with van der Waals surface area (Å²) < 4.78 is 4.71. The zero-order chi connectivity index (χ0) is 42.2. The second-order valence-corrected chi connectivity index (χ2v) is 16.6. The van der Waals surface area contributed by atoms with Crippen molar-refractivity contribution in [1.82, 2.24) is 18.9 Å². The average molecular weight is 808 g/mol. The van der Waals surface area contributed by atoms with Crippen molar-refractivity contribution in [2.45, 2.75) is 20.8 Å². The van der Waals surface area contributed by atoms with Gasteiger partial charge in [0.15, 0.2) is 0 Å². The van der Waals surface area contributed by atoms with E-state index in [1.807, 2.05) is 6.07 Å². The first kappa shape index (κ1) is 36.7. The minimum Gasteiger partial charge on any atom is -0.309 e. The molecule has 8 aromatic carbocycles. The highest BCUT2D eigenvalue weighted by Gasteiger charge is 2.19. The molecule has 0 saturated carbocycles. The van der Waals surface area contributed by atoms with Gasteiger partial charge in [0, 0.05) is 43.9 Å². The molecule has 0 aliphatic heterocycles. The number of aryl methyl sites for hydroxylation is 2. The van der Waals surface area contributed by atoms with Crippen molar-refractivity contribution < 1.29 is 0 Å². The van der Waals surface area contributed by atoms with Crippen LogP contribution in [-0.4, -0.2) is 24.6 Å². The van der Waals surface area contributed by atoms with Crippen LogP contribution in [0.5, 0.6) is 0 Å². The minimum absolute atomic E-state index is 0.895. The average Bonchev–Trinajstić information content (AvgIpc) is 3.89. The summed E-state index contributed by atoms with van der Waals surface area (Å²) in [6.45, 7) is 6.42. The summed E-state index contributed by atoms with van der Waals surface area (Å²) >= 11 is 0. The summed E-state index contributed by atoms with van der Waals surface area (Å²) in [7, 11) is 0. The Morgan fingerprint density at radius 3 is 1.78 bits per heavy atom. The van der Waals surface area contributed by atoms with Crippen LogP contribution in [0.15, 0.2) is 199 Å². The molecule has 5 heteroatoms. The van der Waals surface area contributed by atoms with Gasteiger partial charge < -0.3 is 4.57 Å². The third-order valence-corrected chi connectivity index (χ3v) is 12.7. The Morgan fingerprint density at radius 1 is 0.444 bits per heavy atom. The van der Waals surface area contributed by atoms with Crippen LogP contribution >= 0.6 is 0 Å². The van der Waals surface area contributed by atoms with Crippen molar-refractivity contribution in [1.29, 1.82) is 0 Å². The normalized spacial score (nSPS) is 12.1. The lowest BCUT2D eigenvalue weighted by atomic mass is 9.92. The standard InChI is InChI=1S/C58H41N5/c1-36-16-4-11-23-50(36)59-38(3)43-17-5-6-18-44(43)42-30-28-39(32-37(42)2)52-34-41(62-54-25-13-9-20-46(54)47-21-10-14-26-55(47)62)35-53(60-52)40-29-31-48-45-19-7-8-22-49(45)58-61-51-24-12-15-27-56(51)63(58)57(48)33-40/h4-35H,1-3H3/b59-38+. The molecule has 0 radical (unpaired) electrons. The van der Waals surface area contributed by atoms with Gasteiger partial charge in [0.1, 0.15) is 5.65 Å². The molecule has 0 aliphatic rings. The lowest BCUT2D eigenvalue weighted by Crippen LogP contribution is -2.00. The highest BCUT2D eigenvalue weighted by molar-refractivity contribution is 6.14. The number of imidazole rings is 1. The molecule has 63 heavy (non-hydrogen) atoms. The predicted octanol–water partition coefficient (Wildman–Crippen LogP) is 15.0. The van der Waals surface area contributed by atoms with E-state index >= 15 is 0 Å². The number of aromatic nitrogens is 4. The monoisotopic (exact) mass is 807 g/mol. The Bertz CT molecular complexity index is 3790. The summed E-state index contributed by atoms with van der Waals surface area (Å²) in [6.07, 6.45) is 0. The highest BCUT2D eigenvalue weighted by atomic mass is 15.0. The van der Waals surface area contributed by atoms with Crippen LogP contribution in [0.4, 0.5) is 5.69 Å². The Labute approximate surface area is 364 Å². The van der Waals surface area contributed by atoms with Gasteiger partial charge in [-0.15, -0.1) is 0 Å². The number of nitrogens with zero attached hydrogens (tertiary/aromatic N) is 5. The Kier molecular flexibility index (Phi) is 8.44. The van der Waals surface area contributed by atoms with E-state index in [9.17, 15) is 0 Å². The quantitative estimate of drug-likeness (QED) is 0.124. The predicted molar refractivity (Wildman–Crippen MR) is 264 cm³/mol. The number of aliphatic imine (C=N–C) groups is 1. The van der Waals surface area contributed by atoms with Gasteiger partial charge in [0.25, 0.3) is 0 Å². The molecule has 4 heterocycles. The fourth-order valence-corrected chi connectivity index (χ4v) is 9.70. The van der Waals surface area contributed by atoms with Crippen LogP contribution in [0.1, 0.15) is 23.6 Å². The van der Waals surface area contributed by atoms with E-state index in [1.54, 1.807) is 0 Å². The molecule has 0 N–H and O–H groups in total. The maximum atomic E-state index is 5.53. The number of fused-ring (bicyclic) bond motifs is 11. The van der Waals surface area contributed by atoms with Gasteiger partial charge in [0.2, 0.25) is 0 Å². The molecule has 4 aromatic heterocycles. The van der Waals surface area contributed by atoms with E-state index in [0.29, 0.717) is 0 Å². The van der Waals surface area contributed by atoms with Crippen LogP contribution in [0.2, 0.25) is 0 Å². The molecule has 0 saturated heterocycles. The van der Waals surface area contributed by atoms with Crippen molar-refractivity contribution in [3.8, 4) is 39.3 Å². The highest BCUT2D eigenvalue weighted by Crippen LogP contribution is 2.39. The largest absolute Gasteiger partial charge is 0.309 e. The first-order chi connectivity index (χ1) is 31.0.